The number of rotatable bonds is 6. The van der Waals surface area contributed by atoms with Crippen molar-refractivity contribution < 1.29 is 14.3 Å². The zero-order chi connectivity index (χ0) is 15.0. The number of carbonyl (C=O) groups excluding carboxylic acids is 2. The van der Waals surface area contributed by atoms with E-state index in [-0.39, 0.29) is 12.4 Å². The molecule has 0 aliphatic carbocycles. The molecule has 0 saturated heterocycles. The van der Waals surface area contributed by atoms with Crippen LogP contribution >= 0.6 is 11.8 Å². The molecule has 1 aliphatic rings. The Morgan fingerprint density at radius 3 is 2.95 bits per heavy atom. The summed E-state index contributed by atoms with van der Waals surface area (Å²) >= 11 is 1.49. The molecule has 20 heavy (non-hydrogen) atoms. The lowest BCUT2D eigenvalue weighted by Crippen LogP contribution is -2.42. The highest BCUT2D eigenvalue weighted by Crippen LogP contribution is 2.02. The van der Waals surface area contributed by atoms with Crippen LogP contribution in [0.3, 0.4) is 0 Å². The van der Waals surface area contributed by atoms with E-state index in [1.165, 1.54) is 18.7 Å². The number of ketones is 1. The van der Waals surface area contributed by atoms with Gasteiger partial charge in [-0.3, -0.25) is 9.79 Å². The maximum absolute atomic E-state index is 11.7. The molecule has 0 unspecified atom stereocenters. The van der Waals surface area contributed by atoms with E-state index in [1.807, 2.05) is 13.2 Å². The fourth-order valence-corrected chi connectivity index (χ4v) is 2.07. The lowest BCUT2D eigenvalue weighted by atomic mass is 10.2. The van der Waals surface area contributed by atoms with E-state index in [2.05, 4.69) is 16.0 Å². The largest absolute Gasteiger partial charge is 0.443 e. The summed E-state index contributed by atoms with van der Waals surface area (Å²) < 4.78 is 5.08. The maximum Gasteiger partial charge on any atom is 0.408 e. The van der Waals surface area contributed by atoms with Crippen LogP contribution in [-0.2, 0) is 9.53 Å². The van der Waals surface area contributed by atoms with E-state index in [9.17, 15) is 9.59 Å². The molecule has 0 spiro atoms. The summed E-state index contributed by atoms with van der Waals surface area (Å²) in [7, 11) is 0. The number of allylic oxidation sites excluding steroid dienone is 1. The van der Waals surface area contributed by atoms with Gasteiger partial charge in [0.2, 0.25) is 0 Å². The van der Waals surface area contributed by atoms with Crippen molar-refractivity contribution in [1.82, 2.24) is 5.32 Å². The molecular formula is C14H18N2O3S. The molecular weight excluding hydrogens is 276 g/mol. The van der Waals surface area contributed by atoms with Crippen LogP contribution in [0.4, 0.5) is 4.79 Å². The third kappa shape index (κ3) is 5.47. The highest BCUT2D eigenvalue weighted by molar-refractivity contribution is 7.98. The Bertz CT molecular complexity index is 503. The van der Waals surface area contributed by atoms with Gasteiger partial charge in [-0.15, -0.1) is 5.73 Å². The number of hydrogen-bond acceptors (Lipinski definition) is 5. The van der Waals surface area contributed by atoms with Gasteiger partial charge in [-0.2, -0.15) is 11.8 Å². The summed E-state index contributed by atoms with van der Waals surface area (Å²) in [6, 6.07) is -0.523. The molecule has 0 saturated carbocycles. The summed E-state index contributed by atoms with van der Waals surface area (Å²) in [5.41, 5.74) is 4.45. The van der Waals surface area contributed by atoms with Gasteiger partial charge in [0.05, 0.1) is 11.8 Å². The molecule has 1 N–H and O–H groups in total. The van der Waals surface area contributed by atoms with Gasteiger partial charge in [0.25, 0.3) is 0 Å². The Labute approximate surface area is 122 Å². The van der Waals surface area contributed by atoms with Gasteiger partial charge in [0.1, 0.15) is 6.61 Å². The van der Waals surface area contributed by atoms with E-state index in [4.69, 9.17) is 4.74 Å². The van der Waals surface area contributed by atoms with Gasteiger partial charge in [0, 0.05) is 17.5 Å². The molecule has 0 aromatic rings. The minimum Gasteiger partial charge on any atom is -0.443 e. The first-order valence-electron chi connectivity index (χ1n) is 6.12. The number of ether oxygens (including phenoxy) is 1. The Balaban J connectivity index is 2.51. The molecule has 1 aliphatic heterocycles. The standard InChI is InChI=1S/C14H18N2O3S/c1-10-6-4-5-7-15-12(10)8-19-14(18)16-13(9-20-3)11(2)17/h4-5,7,13H,8-9H2,1-3H3,(H,16,18)/t13-/m0/s1. The smallest absolute Gasteiger partial charge is 0.408 e. The molecule has 1 atom stereocenters. The van der Waals surface area contributed by atoms with E-state index in [0.717, 1.165) is 5.57 Å². The Hall–Kier alpha value is -1.78. The van der Waals surface area contributed by atoms with Crippen molar-refractivity contribution in [1.29, 1.82) is 0 Å². The minimum atomic E-state index is -0.619. The number of nitrogens with one attached hydrogen (secondary N) is 1. The molecule has 0 aromatic carbocycles. The Morgan fingerprint density at radius 1 is 1.55 bits per heavy atom. The maximum atomic E-state index is 11.7. The number of aliphatic imine (C=N–C) groups is 1. The minimum absolute atomic E-state index is 0.0484. The molecule has 108 valence electrons. The predicted molar refractivity (Wildman–Crippen MR) is 81.2 cm³/mol. The summed E-state index contributed by atoms with van der Waals surface area (Å²) in [6.45, 7) is 3.33. The monoisotopic (exact) mass is 294 g/mol. The fraction of sp³-hybridized carbons (Fsp3) is 0.429. The second kappa shape index (κ2) is 8.40. The average Bonchev–Trinajstić information content (AvgIpc) is 2.60. The highest BCUT2D eigenvalue weighted by Gasteiger charge is 2.17. The summed E-state index contributed by atoms with van der Waals surface area (Å²) in [6.07, 6.45) is 6.37. The summed E-state index contributed by atoms with van der Waals surface area (Å²) in [5.74, 6) is 0.431. The van der Waals surface area contributed by atoms with Crippen LogP contribution in [0.5, 0.6) is 0 Å². The molecule has 5 nitrogen and oxygen atoms in total. The van der Waals surface area contributed by atoms with E-state index >= 15 is 0 Å². The number of thioether (sulfide) groups is 1. The molecule has 1 heterocycles. The van der Waals surface area contributed by atoms with E-state index < -0.39 is 12.1 Å². The number of Topliss-reactive ketones (excluding diaryl/α,β-unsaturated/α-hetero) is 1. The van der Waals surface area contributed by atoms with Crippen LogP contribution in [0.25, 0.3) is 0 Å². The van der Waals surface area contributed by atoms with Crippen molar-refractivity contribution >= 4 is 29.4 Å². The summed E-state index contributed by atoms with van der Waals surface area (Å²) in [5, 5.41) is 2.55. The molecule has 6 heteroatoms. The second-order valence-electron chi connectivity index (χ2n) is 4.19. The van der Waals surface area contributed by atoms with Crippen molar-refractivity contribution in [2.24, 2.45) is 4.99 Å². The molecule has 1 rings (SSSR count). The predicted octanol–water partition coefficient (Wildman–Crippen LogP) is 2.10. The highest BCUT2D eigenvalue weighted by atomic mass is 32.2. The topological polar surface area (TPSA) is 67.8 Å². The van der Waals surface area contributed by atoms with E-state index in [0.29, 0.717) is 11.5 Å². The van der Waals surface area contributed by atoms with Crippen molar-refractivity contribution in [2.45, 2.75) is 19.9 Å². The first-order chi connectivity index (χ1) is 9.54. The number of alkyl carbamates (subject to hydrolysis) is 1. The van der Waals surface area contributed by atoms with Gasteiger partial charge >= 0.3 is 6.09 Å². The fourth-order valence-electron chi connectivity index (χ4n) is 1.42. The van der Waals surface area contributed by atoms with Crippen LogP contribution in [0.15, 0.2) is 34.6 Å². The van der Waals surface area contributed by atoms with Crippen molar-refractivity contribution in [3.63, 3.8) is 0 Å². The average molecular weight is 294 g/mol. The second-order valence-corrected chi connectivity index (χ2v) is 5.10. The van der Waals surface area contributed by atoms with Crippen molar-refractivity contribution in [2.75, 3.05) is 18.6 Å². The normalized spacial score (nSPS) is 14.9. The van der Waals surface area contributed by atoms with Gasteiger partial charge in [-0.25, -0.2) is 4.79 Å². The van der Waals surface area contributed by atoms with Crippen molar-refractivity contribution in [3.8, 4) is 0 Å². The Morgan fingerprint density at radius 2 is 2.30 bits per heavy atom. The third-order valence-electron chi connectivity index (χ3n) is 2.60. The van der Waals surface area contributed by atoms with Crippen molar-refractivity contribution in [3.05, 3.63) is 29.7 Å². The van der Waals surface area contributed by atoms with E-state index in [1.54, 1.807) is 18.4 Å². The van der Waals surface area contributed by atoms with Crippen LogP contribution in [-0.4, -0.2) is 42.2 Å². The van der Waals surface area contributed by atoms with Gasteiger partial charge in [-0.1, -0.05) is 0 Å². The molecule has 0 radical (unpaired) electrons. The SMILES string of the molecule is CSC[C@H](NC(=O)OCC1=NC=CC=C=C1C)C(C)=O. The molecule has 0 aromatic heterocycles. The lowest BCUT2D eigenvalue weighted by Gasteiger charge is -2.14. The Kier molecular flexibility index (Phi) is 6.84. The molecule has 0 fully saturated rings. The first kappa shape index (κ1) is 16.3. The lowest BCUT2D eigenvalue weighted by molar-refractivity contribution is -0.118. The zero-order valence-electron chi connectivity index (χ0n) is 11.8. The molecule has 1 amide bonds. The number of hydrogen-bond donors (Lipinski definition) is 1. The number of amides is 1. The van der Waals surface area contributed by atoms with Crippen LogP contribution < -0.4 is 5.32 Å². The van der Waals surface area contributed by atoms with Crippen LogP contribution in [0.1, 0.15) is 13.8 Å². The molecule has 0 bridgehead atoms. The van der Waals surface area contributed by atoms with Gasteiger partial charge < -0.3 is 10.1 Å². The van der Waals surface area contributed by atoms with Gasteiger partial charge in [0.15, 0.2) is 5.78 Å². The first-order valence-corrected chi connectivity index (χ1v) is 7.52. The third-order valence-corrected chi connectivity index (χ3v) is 3.27. The number of carbonyl (C=O) groups is 2. The van der Waals surface area contributed by atoms with Gasteiger partial charge in [-0.05, 0) is 32.3 Å². The zero-order valence-corrected chi connectivity index (χ0v) is 12.6. The summed E-state index contributed by atoms with van der Waals surface area (Å²) in [4.78, 5) is 27.2. The van der Waals surface area contributed by atoms with Crippen LogP contribution in [0, 0.1) is 0 Å². The quantitative estimate of drug-likeness (QED) is 0.762. The van der Waals surface area contributed by atoms with Crippen LogP contribution in [0.2, 0.25) is 0 Å². The number of nitrogens with zero attached hydrogens (tertiary/aromatic N) is 1.